The zero-order chi connectivity index (χ0) is 17.5. The molecule has 2 heterocycles. The molecule has 0 unspecified atom stereocenters. The van der Waals surface area contributed by atoms with Crippen molar-refractivity contribution in [1.29, 1.82) is 0 Å². The quantitative estimate of drug-likeness (QED) is 0.779. The van der Waals surface area contributed by atoms with Crippen molar-refractivity contribution in [3.63, 3.8) is 0 Å². The normalized spacial score (nSPS) is 26.8. The summed E-state index contributed by atoms with van der Waals surface area (Å²) in [6.07, 6.45) is 0. The minimum atomic E-state index is -3.17. The van der Waals surface area contributed by atoms with E-state index < -0.39 is 27.6 Å². The number of benzene rings is 1. The maximum Gasteiger partial charge on any atom is 0.274 e. The summed E-state index contributed by atoms with van der Waals surface area (Å²) in [6, 6.07) is 3.79. The average molecular weight is 393 g/mol. The van der Waals surface area contributed by atoms with E-state index in [1.165, 1.54) is 31.0 Å². The third-order valence-corrected chi connectivity index (χ3v) is 7.25. The standard InChI is InChI=1S/C14H14ClFN2O4S2/c1-22-5-13(19)17-14-18(8-2-3-9(15)10(16)4-8)11-6-24(20,21)7-12(11)23-14/h2-4,11-12H,5-7H2,1H3/t11-,12+/m0/s1. The van der Waals surface area contributed by atoms with Gasteiger partial charge in [0.25, 0.3) is 5.91 Å². The van der Waals surface area contributed by atoms with Gasteiger partial charge in [-0.15, -0.1) is 0 Å². The topological polar surface area (TPSA) is 76.0 Å². The Morgan fingerprint density at radius 1 is 1.50 bits per heavy atom. The van der Waals surface area contributed by atoms with Crippen molar-refractivity contribution in [3.05, 3.63) is 29.0 Å². The van der Waals surface area contributed by atoms with Gasteiger partial charge in [0.1, 0.15) is 12.4 Å². The van der Waals surface area contributed by atoms with Gasteiger partial charge in [0, 0.05) is 18.0 Å². The molecule has 3 rings (SSSR count). The second-order valence-corrected chi connectivity index (χ2v) is 9.26. The highest BCUT2D eigenvalue weighted by Gasteiger charge is 2.49. The van der Waals surface area contributed by atoms with Crippen LogP contribution < -0.4 is 4.90 Å². The van der Waals surface area contributed by atoms with Gasteiger partial charge in [0.2, 0.25) is 0 Å². The number of halogens is 2. The average Bonchev–Trinajstić information content (AvgIpc) is 2.93. The molecule has 0 saturated carbocycles. The molecule has 1 amide bonds. The molecule has 130 valence electrons. The number of carbonyl (C=O) groups is 1. The first-order valence-corrected chi connectivity index (χ1v) is 10.1. The second-order valence-electron chi connectivity index (χ2n) is 5.49. The molecule has 2 aliphatic heterocycles. The van der Waals surface area contributed by atoms with Crippen LogP contribution in [0.2, 0.25) is 5.02 Å². The molecule has 0 aliphatic carbocycles. The Morgan fingerprint density at radius 3 is 2.92 bits per heavy atom. The van der Waals surface area contributed by atoms with E-state index in [2.05, 4.69) is 4.99 Å². The lowest BCUT2D eigenvalue weighted by atomic mass is 10.2. The van der Waals surface area contributed by atoms with Gasteiger partial charge in [0.05, 0.1) is 22.6 Å². The van der Waals surface area contributed by atoms with Gasteiger partial charge in [-0.1, -0.05) is 23.4 Å². The number of anilines is 1. The molecule has 2 fully saturated rings. The minimum absolute atomic E-state index is 0.00634. The number of nitrogens with zero attached hydrogens (tertiary/aromatic N) is 2. The summed E-state index contributed by atoms with van der Waals surface area (Å²) in [4.78, 5) is 17.4. The number of aliphatic imine (C=N–C) groups is 1. The number of rotatable bonds is 3. The maximum absolute atomic E-state index is 13.8. The van der Waals surface area contributed by atoms with E-state index in [0.717, 1.165) is 0 Å². The van der Waals surface area contributed by atoms with Crippen LogP contribution in [0.5, 0.6) is 0 Å². The molecule has 0 spiro atoms. The van der Waals surface area contributed by atoms with Gasteiger partial charge >= 0.3 is 0 Å². The predicted octanol–water partition coefficient (Wildman–Crippen LogP) is 1.73. The van der Waals surface area contributed by atoms with E-state index in [1.807, 2.05) is 0 Å². The summed E-state index contributed by atoms with van der Waals surface area (Å²) >= 11 is 6.93. The van der Waals surface area contributed by atoms with Crippen molar-refractivity contribution in [2.45, 2.75) is 11.3 Å². The highest BCUT2D eigenvalue weighted by Crippen LogP contribution is 2.41. The predicted molar refractivity (Wildman–Crippen MR) is 92.0 cm³/mol. The van der Waals surface area contributed by atoms with Gasteiger partial charge in [-0.05, 0) is 18.2 Å². The van der Waals surface area contributed by atoms with Crippen LogP contribution in [0.3, 0.4) is 0 Å². The number of thioether (sulfide) groups is 1. The molecule has 2 aliphatic rings. The molecule has 0 radical (unpaired) electrons. The summed E-state index contributed by atoms with van der Waals surface area (Å²) in [6.45, 7) is -0.180. The number of hydrogen-bond acceptors (Lipinski definition) is 5. The molecule has 0 bridgehead atoms. The monoisotopic (exact) mass is 392 g/mol. The summed E-state index contributed by atoms with van der Waals surface area (Å²) in [5.74, 6) is -1.16. The van der Waals surface area contributed by atoms with E-state index in [-0.39, 0.29) is 28.4 Å². The van der Waals surface area contributed by atoms with Crippen molar-refractivity contribution in [2.75, 3.05) is 30.1 Å². The zero-order valence-electron chi connectivity index (χ0n) is 12.6. The number of amidine groups is 1. The van der Waals surface area contributed by atoms with Crippen molar-refractivity contribution >= 4 is 50.0 Å². The van der Waals surface area contributed by atoms with E-state index in [0.29, 0.717) is 10.9 Å². The fraction of sp³-hybridized carbons (Fsp3) is 0.429. The molecule has 0 N–H and O–H groups in total. The van der Waals surface area contributed by atoms with E-state index >= 15 is 0 Å². The first-order chi connectivity index (χ1) is 11.3. The Labute approximate surface area is 147 Å². The van der Waals surface area contributed by atoms with Crippen LogP contribution in [-0.4, -0.2) is 56.0 Å². The minimum Gasteiger partial charge on any atom is -0.375 e. The van der Waals surface area contributed by atoms with Crippen LogP contribution in [0, 0.1) is 5.82 Å². The van der Waals surface area contributed by atoms with Gasteiger partial charge in [-0.2, -0.15) is 4.99 Å². The Kier molecular flexibility index (Phi) is 4.87. The zero-order valence-corrected chi connectivity index (χ0v) is 15.0. The number of carbonyl (C=O) groups excluding carboxylic acids is 1. The number of sulfone groups is 1. The smallest absolute Gasteiger partial charge is 0.274 e. The van der Waals surface area contributed by atoms with Gasteiger partial charge < -0.3 is 9.64 Å². The van der Waals surface area contributed by atoms with Gasteiger partial charge in [-0.3, -0.25) is 4.79 Å². The first kappa shape index (κ1) is 17.7. The molecule has 2 atom stereocenters. The van der Waals surface area contributed by atoms with Crippen molar-refractivity contribution in [1.82, 2.24) is 0 Å². The van der Waals surface area contributed by atoms with Crippen LogP contribution in [0.1, 0.15) is 0 Å². The second kappa shape index (κ2) is 6.62. The summed E-state index contributed by atoms with van der Waals surface area (Å²) < 4.78 is 42.4. The van der Waals surface area contributed by atoms with Gasteiger partial charge in [-0.25, -0.2) is 12.8 Å². The summed E-state index contributed by atoms with van der Waals surface area (Å²) in [5.41, 5.74) is 0.415. The lowest BCUT2D eigenvalue weighted by molar-refractivity contribution is -0.121. The highest BCUT2D eigenvalue weighted by atomic mass is 35.5. The molecule has 6 nitrogen and oxygen atoms in total. The number of methoxy groups -OCH3 is 1. The van der Waals surface area contributed by atoms with Crippen molar-refractivity contribution in [3.8, 4) is 0 Å². The van der Waals surface area contributed by atoms with E-state index in [4.69, 9.17) is 16.3 Å². The largest absolute Gasteiger partial charge is 0.375 e. The van der Waals surface area contributed by atoms with Crippen LogP contribution in [0.15, 0.2) is 23.2 Å². The van der Waals surface area contributed by atoms with Gasteiger partial charge in [0.15, 0.2) is 15.0 Å². The Balaban J connectivity index is 2.01. The third-order valence-electron chi connectivity index (χ3n) is 3.74. The van der Waals surface area contributed by atoms with Crippen LogP contribution in [-0.2, 0) is 19.4 Å². The number of ether oxygens (including phenoxy) is 1. The molecular weight excluding hydrogens is 379 g/mol. The summed E-state index contributed by atoms with van der Waals surface area (Å²) in [7, 11) is -1.79. The first-order valence-electron chi connectivity index (χ1n) is 7.02. The van der Waals surface area contributed by atoms with Crippen molar-refractivity contribution < 1.29 is 22.3 Å². The lowest BCUT2D eigenvalue weighted by Gasteiger charge is -2.24. The molecule has 2 saturated heterocycles. The Morgan fingerprint density at radius 2 is 2.25 bits per heavy atom. The lowest BCUT2D eigenvalue weighted by Crippen LogP contribution is -2.37. The molecule has 1 aromatic rings. The van der Waals surface area contributed by atoms with E-state index in [1.54, 1.807) is 11.0 Å². The molecule has 10 heteroatoms. The van der Waals surface area contributed by atoms with Crippen LogP contribution >= 0.6 is 23.4 Å². The van der Waals surface area contributed by atoms with Crippen LogP contribution in [0.25, 0.3) is 0 Å². The summed E-state index contributed by atoms with van der Waals surface area (Å²) in [5, 5.41) is 0.0710. The van der Waals surface area contributed by atoms with E-state index in [9.17, 15) is 17.6 Å². The molecule has 1 aromatic carbocycles. The fourth-order valence-electron chi connectivity index (χ4n) is 2.76. The molecular formula is C14H14ClFN2O4S2. The maximum atomic E-state index is 13.8. The highest BCUT2D eigenvalue weighted by molar-refractivity contribution is 8.16. The number of hydrogen-bond donors (Lipinski definition) is 0. The Hall–Kier alpha value is -1.16. The Bertz CT molecular complexity index is 815. The number of amides is 1. The SMILES string of the molecule is COCC(=O)N=C1S[C@@H]2CS(=O)(=O)C[C@@H]2N1c1ccc(Cl)c(F)c1. The third kappa shape index (κ3) is 3.44. The number of fused-ring (bicyclic) bond motifs is 1. The van der Waals surface area contributed by atoms with Crippen LogP contribution in [0.4, 0.5) is 10.1 Å². The fourth-order valence-corrected chi connectivity index (χ4v) is 6.81. The van der Waals surface area contributed by atoms with Crippen molar-refractivity contribution in [2.24, 2.45) is 4.99 Å². The molecule has 24 heavy (non-hydrogen) atoms. The molecule has 0 aromatic heterocycles.